The van der Waals surface area contributed by atoms with Gasteiger partial charge >= 0.3 is 11.6 Å². The Labute approximate surface area is 192 Å². The molecule has 0 N–H and O–H groups in total. The van der Waals surface area contributed by atoms with Gasteiger partial charge in [-0.25, -0.2) is 9.59 Å². The molecule has 4 rings (SSSR count). The average molecular weight is 443 g/mol. The Balaban J connectivity index is 1.63. The number of carbonyl (C=O) groups is 1. The van der Waals surface area contributed by atoms with Crippen LogP contribution in [0.4, 0.5) is 0 Å². The van der Waals surface area contributed by atoms with Crippen LogP contribution in [0, 0.1) is 6.92 Å². The molecule has 4 aromatic rings. The summed E-state index contributed by atoms with van der Waals surface area (Å²) >= 11 is 0. The Kier molecular flexibility index (Phi) is 5.81. The molecule has 0 unspecified atom stereocenters. The second-order valence-electron chi connectivity index (χ2n) is 8.99. The average Bonchev–Trinajstić information content (AvgIpc) is 2.79. The van der Waals surface area contributed by atoms with Gasteiger partial charge in [-0.2, -0.15) is 0 Å². The molecule has 5 heteroatoms. The van der Waals surface area contributed by atoms with Gasteiger partial charge in [0.15, 0.2) is 0 Å². The lowest BCUT2D eigenvalue weighted by Gasteiger charge is -2.18. The summed E-state index contributed by atoms with van der Waals surface area (Å²) in [6.45, 7) is 8.23. The van der Waals surface area contributed by atoms with E-state index >= 15 is 0 Å². The number of rotatable bonds is 4. The van der Waals surface area contributed by atoms with Crippen molar-refractivity contribution in [3.05, 3.63) is 93.8 Å². The summed E-state index contributed by atoms with van der Waals surface area (Å²) in [4.78, 5) is 25.4. The normalized spacial score (nSPS) is 11.4. The van der Waals surface area contributed by atoms with Gasteiger partial charge in [-0.05, 0) is 65.4 Å². The van der Waals surface area contributed by atoms with Crippen LogP contribution in [0.25, 0.3) is 22.1 Å². The smallest absolute Gasteiger partial charge is 0.344 e. The maximum Gasteiger partial charge on any atom is 0.344 e. The molecule has 33 heavy (non-hydrogen) atoms. The molecule has 0 amide bonds. The van der Waals surface area contributed by atoms with Crippen LogP contribution >= 0.6 is 0 Å². The molecule has 0 aliphatic heterocycles. The molecule has 0 aliphatic carbocycles. The van der Waals surface area contributed by atoms with Crippen LogP contribution in [-0.4, -0.2) is 13.1 Å². The lowest BCUT2D eigenvalue weighted by atomic mass is 9.87. The van der Waals surface area contributed by atoms with Gasteiger partial charge in [0, 0.05) is 11.5 Å². The molecule has 0 atom stereocenters. The fourth-order valence-corrected chi connectivity index (χ4v) is 3.76. The number of hydrogen-bond donors (Lipinski definition) is 0. The zero-order valence-electron chi connectivity index (χ0n) is 19.4. The maximum absolute atomic E-state index is 12.8. The third-order valence-corrected chi connectivity index (χ3v) is 5.71. The summed E-state index contributed by atoms with van der Waals surface area (Å²) < 4.78 is 16.3. The van der Waals surface area contributed by atoms with E-state index in [2.05, 4.69) is 20.8 Å². The molecule has 5 nitrogen and oxygen atoms in total. The molecule has 0 fully saturated rings. The van der Waals surface area contributed by atoms with Gasteiger partial charge in [-0.15, -0.1) is 0 Å². The first-order valence-electron chi connectivity index (χ1n) is 10.7. The second kappa shape index (κ2) is 8.58. The summed E-state index contributed by atoms with van der Waals surface area (Å²) in [5.41, 5.74) is 3.54. The monoisotopic (exact) mass is 442 g/mol. The lowest BCUT2D eigenvalue weighted by molar-refractivity contribution is 0.0735. The largest absolute Gasteiger partial charge is 0.497 e. The Morgan fingerprint density at radius 1 is 0.879 bits per heavy atom. The van der Waals surface area contributed by atoms with Crippen LogP contribution in [0.3, 0.4) is 0 Å². The van der Waals surface area contributed by atoms with E-state index in [9.17, 15) is 9.59 Å². The second-order valence-corrected chi connectivity index (χ2v) is 8.99. The molecule has 1 heterocycles. The molecule has 0 saturated carbocycles. The zero-order chi connectivity index (χ0) is 23.8. The van der Waals surface area contributed by atoms with E-state index in [0.29, 0.717) is 28.2 Å². The third kappa shape index (κ3) is 4.53. The van der Waals surface area contributed by atoms with E-state index in [4.69, 9.17) is 13.9 Å². The van der Waals surface area contributed by atoms with Crippen molar-refractivity contribution >= 4 is 16.9 Å². The van der Waals surface area contributed by atoms with E-state index in [1.54, 1.807) is 49.6 Å². The van der Waals surface area contributed by atoms with Crippen molar-refractivity contribution < 1.29 is 18.7 Å². The zero-order valence-corrected chi connectivity index (χ0v) is 19.4. The minimum atomic E-state index is -0.469. The number of ether oxygens (including phenoxy) is 2. The van der Waals surface area contributed by atoms with Crippen molar-refractivity contribution in [3.63, 3.8) is 0 Å². The quantitative estimate of drug-likeness (QED) is 0.211. The van der Waals surface area contributed by atoms with Gasteiger partial charge in [0.1, 0.15) is 17.1 Å². The van der Waals surface area contributed by atoms with E-state index in [1.165, 1.54) is 0 Å². The van der Waals surface area contributed by atoms with Crippen LogP contribution in [-0.2, 0) is 5.41 Å². The fourth-order valence-electron chi connectivity index (χ4n) is 3.76. The molecule has 0 aliphatic rings. The first kappa shape index (κ1) is 22.3. The first-order chi connectivity index (χ1) is 15.7. The molecular weight excluding hydrogens is 416 g/mol. The van der Waals surface area contributed by atoms with Gasteiger partial charge in [0.25, 0.3) is 0 Å². The van der Waals surface area contributed by atoms with Crippen molar-refractivity contribution in [1.82, 2.24) is 0 Å². The van der Waals surface area contributed by atoms with Crippen molar-refractivity contribution in [2.45, 2.75) is 33.1 Å². The van der Waals surface area contributed by atoms with Crippen LogP contribution in [0.2, 0.25) is 0 Å². The van der Waals surface area contributed by atoms with Crippen LogP contribution in [0.15, 0.2) is 75.9 Å². The van der Waals surface area contributed by atoms with Crippen LogP contribution in [0.5, 0.6) is 11.5 Å². The number of benzene rings is 3. The van der Waals surface area contributed by atoms with Crippen LogP contribution < -0.4 is 15.1 Å². The highest BCUT2D eigenvalue weighted by Gasteiger charge is 2.17. The highest BCUT2D eigenvalue weighted by atomic mass is 16.5. The highest BCUT2D eigenvalue weighted by molar-refractivity contribution is 5.92. The molecular formula is C28H26O5. The topological polar surface area (TPSA) is 65.7 Å². The first-order valence-corrected chi connectivity index (χ1v) is 10.7. The van der Waals surface area contributed by atoms with Crippen molar-refractivity contribution in [2.75, 3.05) is 7.11 Å². The summed E-state index contributed by atoms with van der Waals surface area (Å²) in [5, 5.41) is 0.773. The molecule has 0 spiro atoms. The predicted octanol–water partition coefficient (Wildman–Crippen LogP) is 6.29. The number of fused-ring (bicyclic) bond motifs is 1. The number of carbonyl (C=O) groups excluding carboxylic acids is 1. The predicted molar refractivity (Wildman–Crippen MR) is 129 cm³/mol. The van der Waals surface area contributed by atoms with Gasteiger partial charge in [0.2, 0.25) is 0 Å². The maximum atomic E-state index is 12.8. The van der Waals surface area contributed by atoms with E-state index in [-0.39, 0.29) is 5.41 Å². The lowest BCUT2D eigenvalue weighted by Crippen LogP contribution is -2.13. The Morgan fingerprint density at radius 2 is 1.52 bits per heavy atom. The molecule has 0 radical (unpaired) electrons. The van der Waals surface area contributed by atoms with Gasteiger partial charge in [-0.3, -0.25) is 0 Å². The fraction of sp³-hybridized carbons (Fsp3) is 0.214. The standard InChI is InChI=1S/C28H26O5/c1-17-23-15-14-22(32-26(29)19-6-10-20(11-7-19)28(2,3)4)16-24(23)33-27(30)25(17)18-8-12-21(31-5)13-9-18/h6-16H,1-5H3. The Bertz CT molecular complexity index is 1370. The number of methoxy groups -OCH3 is 1. The molecule has 1 aromatic heterocycles. The Hall–Kier alpha value is -3.86. The van der Waals surface area contributed by atoms with Gasteiger partial charge in [0.05, 0.1) is 18.2 Å². The minimum Gasteiger partial charge on any atom is -0.497 e. The summed E-state index contributed by atoms with van der Waals surface area (Å²) in [7, 11) is 1.59. The van der Waals surface area contributed by atoms with Gasteiger partial charge < -0.3 is 13.9 Å². The van der Waals surface area contributed by atoms with E-state index < -0.39 is 11.6 Å². The Morgan fingerprint density at radius 3 is 2.12 bits per heavy atom. The molecule has 3 aromatic carbocycles. The minimum absolute atomic E-state index is 0.000847. The third-order valence-electron chi connectivity index (χ3n) is 5.71. The number of aryl methyl sites for hydroxylation is 1. The van der Waals surface area contributed by atoms with Gasteiger partial charge in [-0.1, -0.05) is 45.0 Å². The van der Waals surface area contributed by atoms with E-state index in [0.717, 1.165) is 22.1 Å². The summed E-state index contributed by atoms with van der Waals surface area (Å²) in [6.07, 6.45) is 0. The van der Waals surface area contributed by atoms with Crippen molar-refractivity contribution in [1.29, 1.82) is 0 Å². The number of hydrogen-bond acceptors (Lipinski definition) is 5. The summed E-state index contributed by atoms with van der Waals surface area (Å²) in [6, 6.07) is 19.7. The highest BCUT2D eigenvalue weighted by Crippen LogP contribution is 2.30. The molecule has 0 bridgehead atoms. The SMILES string of the molecule is COc1ccc(-c2c(C)c3ccc(OC(=O)c4ccc(C(C)(C)C)cc4)cc3oc2=O)cc1. The number of esters is 1. The van der Waals surface area contributed by atoms with E-state index in [1.807, 2.05) is 31.2 Å². The van der Waals surface area contributed by atoms with Crippen molar-refractivity contribution in [3.8, 4) is 22.6 Å². The molecule has 168 valence electrons. The van der Waals surface area contributed by atoms with Crippen LogP contribution in [0.1, 0.15) is 42.3 Å². The molecule has 0 saturated heterocycles. The summed E-state index contributed by atoms with van der Waals surface area (Å²) in [5.74, 6) is 0.553. The van der Waals surface area contributed by atoms with Crippen molar-refractivity contribution in [2.24, 2.45) is 0 Å².